The van der Waals surface area contributed by atoms with Gasteiger partial charge >= 0.3 is 0 Å². The summed E-state index contributed by atoms with van der Waals surface area (Å²) >= 11 is 0. The Labute approximate surface area is 109 Å². The predicted molar refractivity (Wildman–Crippen MR) is 72.8 cm³/mol. The molecule has 0 heterocycles. The number of rotatable bonds is 6. The lowest BCUT2D eigenvalue weighted by Crippen LogP contribution is -2.47. The van der Waals surface area contributed by atoms with E-state index in [4.69, 9.17) is 4.74 Å². The smallest absolute Gasteiger partial charge is 0.234 e. The molecule has 1 rings (SSSR count). The monoisotopic (exact) mass is 250 g/mol. The van der Waals surface area contributed by atoms with Crippen molar-refractivity contribution in [3.63, 3.8) is 0 Å². The van der Waals surface area contributed by atoms with Crippen molar-refractivity contribution in [1.29, 1.82) is 0 Å². The third kappa shape index (κ3) is 4.75. The van der Waals surface area contributed by atoms with Gasteiger partial charge in [-0.05, 0) is 45.0 Å². The molecule has 1 aromatic rings. The number of amides is 1. The van der Waals surface area contributed by atoms with E-state index in [2.05, 4.69) is 10.6 Å². The normalized spacial score (nSPS) is 11.1. The lowest BCUT2D eigenvalue weighted by atomic mass is 9.95. The van der Waals surface area contributed by atoms with Gasteiger partial charge < -0.3 is 15.4 Å². The number of carbonyl (C=O) groups excluding carboxylic acids is 1. The Kier molecular flexibility index (Phi) is 5.16. The number of carbonyl (C=O) groups is 1. The third-order valence-electron chi connectivity index (χ3n) is 2.62. The van der Waals surface area contributed by atoms with Gasteiger partial charge in [0.25, 0.3) is 0 Å². The first-order valence-corrected chi connectivity index (χ1v) is 6.05. The van der Waals surface area contributed by atoms with Gasteiger partial charge in [-0.25, -0.2) is 0 Å². The van der Waals surface area contributed by atoms with E-state index in [-0.39, 0.29) is 11.4 Å². The molecule has 0 aromatic heterocycles. The van der Waals surface area contributed by atoms with Crippen LogP contribution in [0.2, 0.25) is 0 Å². The van der Waals surface area contributed by atoms with Crippen molar-refractivity contribution in [3.05, 3.63) is 29.8 Å². The number of benzene rings is 1. The number of ether oxygens (including phenoxy) is 1. The predicted octanol–water partition coefficient (Wildman–Crippen LogP) is 1.35. The first kappa shape index (κ1) is 14.5. The van der Waals surface area contributed by atoms with E-state index in [9.17, 15) is 4.79 Å². The summed E-state index contributed by atoms with van der Waals surface area (Å²) in [7, 11) is 3.41. The molecule has 4 nitrogen and oxygen atoms in total. The van der Waals surface area contributed by atoms with Crippen LogP contribution in [0.5, 0.6) is 5.75 Å². The van der Waals surface area contributed by atoms with Crippen LogP contribution in [0.25, 0.3) is 0 Å². The summed E-state index contributed by atoms with van der Waals surface area (Å²) < 4.78 is 5.12. The fraction of sp³-hybridized carbons (Fsp3) is 0.500. The molecule has 0 aliphatic carbocycles. The van der Waals surface area contributed by atoms with Gasteiger partial charge in [-0.3, -0.25) is 4.79 Å². The minimum atomic E-state index is -0.261. The summed E-state index contributed by atoms with van der Waals surface area (Å²) in [6.45, 7) is 4.38. The van der Waals surface area contributed by atoms with Gasteiger partial charge in [-0.2, -0.15) is 0 Å². The average Bonchev–Trinajstić information content (AvgIpc) is 2.29. The van der Waals surface area contributed by atoms with Gasteiger partial charge in [0.2, 0.25) is 5.91 Å². The van der Waals surface area contributed by atoms with Gasteiger partial charge in [0.05, 0.1) is 13.7 Å². The molecule has 1 aromatic carbocycles. The maximum Gasteiger partial charge on any atom is 0.234 e. The molecule has 0 fully saturated rings. The van der Waals surface area contributed by atoms with Gasteiger partial charge in [-0.1, -0.05) is 12.1 Å². The minimum absolute atomic E-state index is 0.0102. The second-order valence-corrected chi connectivity index (χ2v) is 4.99. The van der Waals surface area contributed by atoms with Crippen molar-refractivity contribution < 1.29 is 9.53 Å². The second kappa shape index (κ2) is 6.40. The molecule has 0 radical (unpaired) electrons. The van der Waals surface area contributed by atoms with E-state index in [0.717, 1.165) is 12.2 Å². The van der Waals surface area contributed by atoms with Crippen LogP contribution in [0.15, 0.2) is 24.3 Å². The number of nitrogens with one attached hydrogen (secondary N) is 2. The molecule has 4 heteroatoms. The van der Waals surface area contributed by atoms with E-state index in [1.54, 1.807) is 14.2 Å². The highest BCUT2D eigenvalue weighted by Crippen LogP contribution is 2.16. The van der Waals surface area contributed by atoms with Gasteiger partial charge in [-0.15, -0.1) is 0 Å². The molecule has 0 unspecified atom stereocenters. The molecule has 0 aliphatic heterocycles. The Morgan fingerprint density at radius 3 is 2.39 bits per heavy atom. The van der Waals surface area contributed by atoms with E-state index >= 15 is 0 Å². The number of hydrogen-bond donors (Lipinski definition) is 2. The fourth-order valence-corrected chi connectivity index (χ4v) is 1.88. The average molecular weight is 250 g/mol. The van der Waals surface area contributed by atoms with Crippen molar-refractivity contribution in [2.24, 2.45) is 0 Å². The summed E-state index contributed by atoms with van der Waals surface area (Å²) in [4.78, 5) is 11.6. The standard InChI is InChI=1S/C14H22N2O2/c1-14(2,16-13(17)10-15-3)9-11-5-7-12(18-4)8-6-11/h5-8,15H,9-10H2,1-4H3,(H,16,17). The molecule has 0 aliphatic rings. The lowest BCUT2D eigenvalue weighted by molar-refractivity contribution is -0.121. The van der Waals surface area contributed by atoms with Crippen molar-refractivity contribution in [2.45, 2.75) is 25.8 Å². The Hall–Kier alpha value is -1.55. The van der Waals surface area contributed by atoms with Crippen LogP contribution in [0, 0.1) is 0 Å². The zero-order valence-electron chi connectivity index (χ0n) is 11.5. The third-order valence-corrected chi connectivity index (χ3v) is 2.62. The van der Waals surface area contributed by atoms with Crippen LogP contribution in [0.3, 0.4) is 0 Å². The van der Waals surface area contributed by atoms with Crippen LogP contribution in [-0.4, -0.2) is 32.1 Å². The summed E-state index contributed by atoms with van der Waals surface area (Å²) in [6, 6.07) is 7.90. The second-order valence-electron chi connectivity index (χ2n) is 4.99. The van der Waals surface area contributed by atoms with E-state index in [0.29, 0.717) is 6.54 Å². The summed E-state index contributed by atoms with van der Waals surface area (Å²) in [6.07, 6.45) is 0.784. The highest BCUT2D eigenvalue weighted by molar-refractivity contribution is 5.78. The van der Waals surface area contributed by atoms with Gasteiger partial charge in [0.1, 0.15) is 5.75 Å². The minimum Gasteiger partial charge on any atom is -0.497 e. The lowest BCUT2D eigenvalue weighted by Gasteiger charge is -2.26. The van der Waals surface area contributed by atoms with Crippen LogP contribution < -0.4 is 15.4 Å². The first-order chi connectivity index (χ1) is 8.46. The van der Waals surface area contributed by atoms with Crippen LogP contribution in [-0.2, 0) is 11.2 Å². The number of likely N-dealkylation sites (N-methyl/N-ethyl adjacent to an activating group) is 1. The molecule has 18 heavy (non-hydrogen) atoms. The first-order valence-electron chi connectivity index (χ1n) is 6.05. The molecule has 0 saturated carbocycles. The zero-order valence-corrected chi connectivity index (χ0v) is 11.5. The number of methoxy groups -OCH3 is 1. The molecule has 0 spiro atoms. The quantitative estimate of drug-likeness (QED) is 0.801. The Morgan fingerprint density at radius 1 is 1.28 bits per heavy atom. The van der Waals surface area contributed by atoms with Crippen LogP contribution in [0.1, 0.15) is 19.4 Å². The zero-order chi connectivity index (χ0) is 13.6. The van der Waals surface area contributed by atoms with E-state index in [1.807, 2.05) is 38.1 Å². The van der Waals surface area contributed by atoms with Crippen molar-refractivity contribution in [2.75, 3.05) is 20.7 Å². The fourth-order valence-electron chi connectivity index (χ4n) is 1.88. The maximum absolute atomic E-state index is 11.6. The van der Waals surface area contributed by atoms with Gasteiger partial charge in [0, 0.05) is 5.54 Å². The van der Waals surface area contributed by atoms with Crippen molar-refractivity contribution in [3.8, 4) is 5.75 Å². The molecular formula is C14H22N2O2. The molecule has 1 amide bonds. The van der Waals surface area contributed by atoms with E-state index in [1.165, 1.54) is 5.56 Å². The van der Waals surface area contributed by atoms with Crippen LogP contribution in [0.4, 0.5) is 0 Å². The summed E-state index contributed by atoms with van der Waals surface area (Å²) in [5.74, 6) is 0.854. The van der Waals surface area contributed by atoms with Crippen LogP contribution >= 0.6 is 0 Å². The Balaban J connectivity index is 2.60. The van der Waals surface area contributed by atoms with E-state index < -0.39 is 0 Å². The Bertz CT molecular complexity index is 385. The highest BCUT2D eigenvalue weighted by atomic mass is 16.5. The summed E-state index contributed by atoms with van der Waals surface area (Å²) in [5, 5.41) is 5.84. The number of hydrogen-bond acceptors (Lipinski definition) is 3. The molecular weight excluding hydrogens is 228 g/mol. The van der Waals surface area contributed by atoms with Crippen molar-refractivity contribution >= 4 is 5.91 Å². The molecule has 100 valence electrons. The molecule has 0 atom stereocenters. The molecule has 0 saturated heterocycles. The molecule has 2 N–H and O–H groups in total. The maximum atomic E-state index is 11.6. The topological polar surface area (TPSA) is 50.4 Å². The largest absolute Gasteiger partial charge is 0.497 e. The molecule has 0 bridgehead atoms. The van der Waals surface area contributed by atoms with Crippen molar-refractivity contribution in [1.82, 2.24) is 10.6 Å². The summed E-state index contributed by atoms with van der Waals surface area (Å²) in [5.41, 5.74) is 0.910. The van der Waals surface area contributed by atoms with Gasteiger partial charge in [0.15, 0.2) is 0 Å². The Morgan fingerprint density at radius 2 is 1.89 bits per heavy atom. The SMILES string of the molecule is CNCC(=O)NC(C)(C)Cc1ccc(OC)cc1. The highest BCUT2D eigenvalue weighted by Gasteiger charge is 2.20.